The third kappa shape index (κ3) is 6.09. The molecule has 1 fully saturated rings. The molecule has 0 atom stereocenters. The van der Waals surface area contributed by atoms with Gasteiger partial charge in [-0.2, -0.15) is 0 Å². The second kappa shape index (κ2) is 9.73. The Labute approximate surface area is 192 Å². The highest BCUT2D eigenvalue weighted by Gasteiger charge is 2.30. The number of nitrogens with one attached hydrogen (secondary N) is 1. The summed E-state index contributed by atoms with van der Waals surface area (Å²) in [5.74, 6) is -0.378. The molecule has 0 aliphatic carbocycles. The van der Waals surface area contributed by atoms with Gasteiger partial charge in [0.05, 0.1) is 22.6 Å². The third-order valence-electron chi connectivity index (χ3n) is 5.17. The molecule has 2 aromatic rings. The van der Waals surface area contributed by atoms with E-state index in [1.807, 2.05) is 20.8 Å². The number of urea groups is 1. The quantitative estimate of drug-likeness (QED) is 0.662. The maximum absolute atomic E-state index is 13.5. The largest absolute Gasteiger partial charge is 0.444 e. The van der Waals surface area contributed by atoms with Gasteiger partial charge in [-0.1, -0.05) is 23.7 Å². The van der Waals surface area contributed by atoms with E-state index in [2.05, 4.69) is 10.3 Å². The van der Waals surface area contributed by atoms with E-state index < -0.39 is 5.60 Å². The minimum absolute atomic E-state index is 0.0105. The number of pyridine rings is 1. The van der Waals surface area contributed by atoms with Crippen LogP contribution in [0, 0.1) is 5.82 Å². The van der Waals surface area contributed by atoms with Gasteiger partial charge in [0, 0.05) is 31.7 Å². The van der Waals surface area contributed by atoms with Gasteiger partial charge in [0.25, 0.3) is 0 Å². The van der Waals surface area contributed by atoms with Crippen molar-refractivity contribution in [3.8, 4) is 11.3 Å². The van der Waals surface area contributed by atoms with Crippen LogP contribution in [0.2, 0.25) is 5.02 Å². The van der Waals surface area contributed by atoms with Crippen molar-refractivity contribution in [2.75, 3.05) is 25.5 Å². The minimum atomic E-state index is -0.538. The number of hydrogen-bond acceptors (Lipinski definition) is 4. The fraction of sp³-hybridized carbons (Fsp3) is 0.435. The van der Waals surface area contributed by atoms with Crippen molar-refractivity contribution < 1.29 is 18.7 Å². The maximum atomic E-state index is 13.5. The van der Waals surface area contributed by atoms with E-state index in [9.17, 15) is 14.0 Å². The highest BCUT2D eigenvalue weighted by atomic mass is 35.5. The van der Waals surface area contributed by atoms with Gasteiger partial charge in [-0.25, -0.2) is 14.0 Å². The van der Waals surface area contributed by atoms with Crippen molar-refractivity contribution >= 4 is 29.4 Å². The third-order valence-corrected chi connectivity index (χ3v) is 5.46. The predicted octanol–water partition coefficient (Wildman–Crippen LogP) is 5.40. The number of piperidine rings is 1. The Bertz CT molecular complexity index is 987. The lowest BCUT2D eigenvalue weighted by Gasteiger charge is -2.37. The van der Waals surface area contributed by atoms with Crippen LogP contribution in [0.1, 0.15) is 33.6 Å². The highest BCUT2D eigenvalue weighted by Crippen LogP contribution is 2.28. The normalized spacial score (nSPS) is 14.8. The summed E-state index contributed by atoms with van der Waals surface area (Å²) in [5, 5.41) is 3.10. The molecular weight excluding hydrogens is 435 g/mol. The molecule has 0 saturated carbocycles. The highest BCUT2D eigenvalue weighted by molar-refractivity contribution is 6.33. The van der Waals surface area contributed by atoms with Crippen LogP contribution in [0.15, 0.2) is 36.5 Å². The van der Waals surface area contributed by atoms with Gasteiger partial charge >= 0.3 is 12.1 Å². The smallest absolute Gasteiger partial charge is 0.410 e. The molecule has 1 saturated heterocycles. The summed E-state index contributed by atoms with van der Waals surface area (Å²) >= 11 is 6.32. The van der Waals surface area contributed by atoms with Crippen molar-refractivity contribution in [2.45, 2.75) is 45.3 Å². The van der Waals surface area contributed by atoms with E-state index in [0.29, 0.717) is 47.9 Å². The number of likely N-dealkylation sites (tertiary alicyclic amines) is 1. The van der Waals surface area contributed by atoms with Gasteiger partial charge in [0.2, 0.25) is 0 Å². The SMILES string of the molecule is CN(C(=O)Nc1cnc(-c2cccc(F)c2)c(Cl)c1)C1CCN(C(=O)OC(C)(C)C)CC1. The van der Waals surface area contributed by atoms with Crippen LogP contribution in [0.25, 0.3) is 11.3 Å². The number of hydrogen-bond donors (Lipinski definition) is 1. The fourth-order valence-electron chi connectivity index (χ4n) is 3.49. The first-order chi connectivity index (χ1) is 15.0. The zero-order valence-corrected chi connectivity index (χ0v) is 19.4. The van der Waals surface area contributed by atoms with Crippen LogP contribution in [0.4, 0.5) is 19.7 Å². The molecule has 172 valence electrons. The zero-order chi connectivity index (χ0) is 23.5. The number of anilines is 1. The first kappa shape index (κ1) is 23.8. The Morgan fingerprint density at radius 3 is 2.53 bits per heavy atom. The van der Waals surface area contributed by atoms with Gasteiger partial charge in [0.15, 0.2) is 0 Å². The predicted molar refractivity (Wildman–Crippen MR) is 122 cm³/mol. The number of aromatic nitrogens is 1. The molecule has 1 aromatic carbocycles. The van der Waals surface area contributed by atoms with Crippen LogP contribution < -0.4 is 5.32 Å². The second-order valence-electron chi connectivity index (χ2n) is 8.80. The molecule has 0 spiro atoms. The molecule has 1 aliphatic rings. The van der Waals surface area contributed by atoms with Crippen molar-refractivity contribution in [3.05, 3.63) is 47.4 Å². The Hall–Kier alpha value is -2.87. The van der Waals surface area contributed by atoms with E-state index in [-0.39, 0.29) is 24.0 Å². The van der Waals surface area contributed by atoms with Crippen molar-refractivity contribution in [1.29, 1.82) is 0 Å². The monoisotopic (exact) mass is 462 g/mol. The average Bonchev–Trinajstić information content (AvgIpc) is 2.72. The molecule has 9 heteroatoms. The summed E-state index contributed by atoms with van der Waals surface area (Å²) in [6.45, 7) is 6.55. The van der Waals surface area contributed by atoms with Gasteiger partial charge < -0.3 is 19.9 Å². The number of benzene rings is 1. The number of nitrogens with zero attached hydrogens (tertiary/aromatic N) is 3. The molecule has 7 nitrogen and oxygen atoms in total. The van der Waals surface area contributed by atoms with E-state index in [4.69, 9.17) is 16.3 Å². The number of rotatable bonds is 3. The van der Waals surface area contributed by atoms with Crippen LogP contribution in [0.3, 0.4) is 0 Å². The van der Waals surface area contributed by atoms with E-state index in [1.165, 1.54) is 18.3 Å². The van der Waals surface area contributed by atoms with Crippen LogP contribution in [-0.4, -0.2) is 58.7 Å². The number of amides is 3. The number of ether oxygens (including phenoxy) is 1. The summed E-state index contributed by atoms with van der Waals surface area (Å²) in [5.41, 5.74) is 0.899. The Morgan fingerprint density at radius 2 is 1.94 bits per heavy atom. The van der Waals surface area contributed by atoms with Gasteiger partial charge in [0.1, 0.15) is 11.4 Å². The Kier molecular flexibility index (Phi) is 7.23. The summed E-state index contributed by atoms with van der Waals surface area (Å²) in [7, 11) is 1.72. The van der Waals surface area contributed by atoms with E-state index in [1.54, 1.807) is 35.0 Å². The molecule has 1 N–H and O–H groups in total. The van der Waals surface area contributed by atoms with Gasteiger partial charge in [-0.15, -0.1) is 0 Å². The molecule has 0 radical (unpaired) electrons. The number of carbonyl (C=O) groups excluding carboxylic acids is 2. The topological polar surface area (TPSA) is 74.8 Å². The molecule has 1 aliphatic heterocycles. The van der Waals surface area contributed by atoms with Gasteiger partial charge in [-0.3, -0.25) is 4.98 Å². The summed E-state index contributed by atoms with van der Waals surface area (Å²) in [6.07, 6.45) is 2.46. The fourth-order valence-corrected chi connectivity index (χ4v) is 3.77. The lowest BCUT2D eigenvalue weighted by molar-refractivity contribution is 0.0174. The van der Waals surface area contributed by atoms with Crippen LogP contribution in [0.5, 0.6) is 0 Å². The lowest BCUT2D eigenvalue weighted by atomic mass is 10.0. The molecule has 2 heterocycles. The maximum Gasteiger partial charge on any atom is 0.410 e. The van der Waals surface area contributed by atoms with Crippen LogP contribution in [-0.2, 0) is 4.74 Å². The summed E-state index contributed by atoms with van der Waals surface area (Å²) in [4.78, 5) is 32.5. The van der Waals surface area contributed by atoms with Crippen molar-refractivity contribution in [2.24, 2.45) is 0 Å². The first-order valence-electron chi connectivity index (χ1n) is 10.5. The zero-order valence-electron chi connectivity index (χ0n) is 18.7. The molecule has 1 aromatic heterocycles. The molecular formula is C23H28ClFN4O3. The molecule has 32 heavy (non-hydrogen) atoms. The van der Waals surface area contributed by atoms with Crippen molar-refractivity contribution in [3.63, 3.8) is 0 Å². The Balaban J connectivity index is 1.57. The van der Waals surface area contributed by atoms with Gasteiger partial charge in [-0.05, 0) is 51.8 Å². The minimum Gasteiger partial charge on any atom is -0.444 e. The molecule has 0 bridgehead atoms. The standard InChI is InChI=1S/C23H28ClFN4O3/c1-23(2,3)32-22(31)29-10-8-18(9-11-29)28(4)21(30)27-17-13-19(24)20(26-14-17)15-6-5-7-16(25)12-15/h5-7,12-14,18H,8-11H2,1-4H3,(H,27,30). The first-order valence-corrected chi connectivity index (χ1v) is 10.8. The number of carbonyl (C=O) groups is 2. The molecule has 3 rings (SSSR count). The van der Waals surface area contributed by atoms with E-state index in [0.717, 1.165) is 0 Å². The molecule has 3 amide bonds. The summed E-state index contributed by atoms with van der Waals surface area (Å²) < 4.78 is 18.9. The lowest BCUT2D eigenvalue weighted by Crippen LogP contribution is -2.49. The van der Waals surface area contributed by atoms with Crippen LogP contribution >= 0.6 is 11.6 Å². The van der Waals surface area contributed by atoms with Crippen molar-refractivity contribution in [1.82, 2.24) is 14.8 Å². The Morgan fingerprint density at radius 1 is 1.25 bits per heavy atom. The summed E-state index contributed by atoms with van der Waals surface area (Å²) in [6, 6.07) is 7.28. The average molecular weight is 463 g/mol. The second-order valence-corrected chi connectivity index (χ2v) is 9.21. The molecule has 0 unspecified atom stereocenters. The van der Waals surface area contributed by atoms with E-state index >= 15 is 0 Å². The number of halogens is 2.